The van der Waals surface area contributed by atoms with Crippen LogP contribution in [0.4, 0.5) is 5.69 Å². The Balaban J connectivity index is 1.94. The van der Waals surface area contributed by atoms with Crippen LogP contribution in [0.5, 0.6) is 5.75 Å². The van der Waals surface area contributed by atoms with Gasteiger partial charge in [0.1, 0.15) is 5.75 Å². The average molecular weight is 538 g/mol. The molecule has 4 nitrogen and oxygen atoms in total. The van der Waals surface area contributed by atoms with Crippen molar-refractivity contribution in [1.29, 1.82) is 0 Å². The maximum Gasteiger partial charge on any atom is 0.230 e. The zero-order chi connectivity index (χ0) is 26.2. The maximum atomic E-state index is 13.6. The molecule has 0 bridgehead atoms. The van der Waals surface area contributed by atoms with Crippen molar-refractivity contribution in [1.82, 2.24) is 0 Å². The minimum atomic E-state index is -0.717. The van der Waals surface area contributed by atoms with E-state index in [2.05, 4.69) is 0 Å². The van der Waals surface area contributed by atoms with Crippen LogP contribution in [-0.4, -0.2) is 28.7 Å². The van der Waals surface area contributed by atoms with Gasteiger partial charge in [-0.1, -0.05) is 79.9 Å². The number of allylic oxidation sites excluding steroid dienone is 1. The number of carbonyl (C=O) groups excluding carboxylic acids is 2. The van der Waals surface area contributed by atoms with Crippen LogP contribution in [0.25, 0.3) is 10.5 Å². The SMILES string of the molecule is CCOc1ccc2c(c1)/C(=C1/SC(C(C)=O)=C(c3ccccc3)S1)C(=S)C(C)(C)N2C(=O)[C@@H](C)CC. The summed E-state index contributed by atoms with van der Waals surface area (Å²) in [5.41, 5.74) is 2.89. The van der Waals surface area contributed by atoms with E-state index in [1.54, 1.807) is 18.7 Å². The molecular weight excluding hydrogens is 507 g/mol. The summed E-state index contributed by atoms with van der Waals surface area (Å²) in [6.45, 7) is 12.1. The zero-order valence-electron chi connectivity index (χ0n) is 21.5. The molecule has 0 N–H and O–H groups in total. The summed E-state index contributed by atoms with van der Waals surface area (Å²) in [4.78, 5) is 30.5. The van der Waals surface area contributed by atoms with Crippen molar-refractivity contribution in [2.75, 3.05) is 11.5 Å². The van der Waals surface area contributed by atoms with Gasteiger partial charge in [0.25, 0.3) is 0 Å². The first-order chi connectivity index (χ1) is 17.1. The van der Waals surface area contributed by atoms with Crippen LogP contribution in [0.2, 0.25) is 0 Å². The van der Waals surface area contributed by atoms with Crippen LogP contribution in [0.1, 0.15) is 59.1 Å². The van der Waals surface area contributed by atoms with Crippen molar-refractivity contribution in [3.8, 4) is 5.75 Å². The number of nitrogens with zero attached hydrogens (tertiary/aromatic N) is 1. The number of fused-ring (bicyclic) bond motifs is 1. The molecule has 2 aliphatic rings. The van der Waals surface area contributed by atoms with Gasteiger partial charge in [0.15, 0.2) is 5.78 Å². The Hall–Kier alpha value is -2.35. The predicted octanol–water partition coefficient (Wildman–Crippen LogP) is 7.73. The molecule has 2 aliphatic heterocycles. The quantitative estimate of drug-likeness (QED) is 0.278. The molecule has 0 aromatic heterocycles. The van der Waals surface area contributed by atoms with Crippen molar-refractivity contribution in [3.05, 3.63) is 68.8 Å². The summed E-state index contributed by atoms with van der Waals surface area (Å²) in [6, 6.07) is 15.8. The van der Waals surface area contributed by atoms with Crippen molar-refractivity contribution in [2.45, 2.75) is 53.5 Å². The topological polar surface area (TPSA) is 46.6 Å². The van der Waals surface area contributed by atoms with E-state index in [4.69, 9.17) is 17.0 Å². The highest BCUT2D eigenvalue weighted by molar-refractivity contribution is 8.32. The molecule has 0 fully saturated rings. The van der Waals surface area contributed by atoms with Gasteiger partial charge in [0, 0.05) is 22.0 Å². The molecule has 7 heteroatoms. The van der Waals surface area contributed by atoms with E-state index in [0.717, 1.165) is 48.6 Å². The summed E-state index contributed by atoms with van der Waals surface area (Å²) < 4.78 is 6.80. The van der Waals surface area contributed by atoms with Crippen LogP contribution in [0.15, 0.2) is 57.7 Å². The molecule has 0 saturated carbocycles. The molecule has 1 atom stereocenters. The van der Waals surface area contributed by atoms with Gasteiger partial charge in [0.05, 0.1) is 31.8 Å². The Bertz CT molecular complexity index is 1290. The molecule has 2 aromatic carbocycles. The van der Waals surface area contributed by atoms with Crippen LogP contribution in [0, 0.1) is 5.92 Å². The fourth-order valence-corrected chi connectivity index (χ4v) is 7.59. The third-order valence-electron chi connectivity index (χ3n) is 6.54. The number of hydrogen-bond acceptors (Lipinski definition) is 6. The van der Waals surface area contributed by atoms with Gasteiger partial charge < -0.3 is 9.64 Å². The van der Waals surface area contributed by atoms with Gasteiger partial charge >= 0.3 is 0 Å². The first-order valence-electron chi connectivity index (χ1n) is 12.2. The van der Waals surface area contributed by atoms with Crippen molar-refractivity contribution >= 4 is 68.5 Å². The highest BCUT2D eigenvalue weighted by Gasteiger charge is 2.46. The van der Waals surface area contributed by atoms with Crippen molar-refractivity contribution in [3.63, 3.8) is 0 Å². The highest BCUT2D eigenvalue weighted by Crippen LogP contribution is 2.58. The highest BCUT2D eigenvalue weighted by atomic mass is 32.2. The second-order valence-corrected chi connectivity index (χ2v) is 12.1. The predicted molar refractivity (Wildman–Crippen MR) is 157 cm³/mol. The van der Waals surface area contributed by atoms with Crippen LogP contribution in [0.3, 0.4) is 0 Å². The molecule has 0 spiro atoms. The Morgan fingerprint density at radius 2 is 1.78 bits per heavy atom. The third-order valence-corrected chi connectivity index (χ3v) is 9.99. The molecule has 2 aromatic rings. The minimum Gasteiger partial charge on any atom is -0.494 e. The van der Waals surface area contributed by atoms with Gasteiger partial charge in [-0.25, -0.2) is 0 Å². The number of rotatable bonds is 6. The lowest BCUT2D eigenvalue weighted by molar-refractivity contribution is -0.122. The number of thiocarbonyl (C=S) groups is 1. The smallest absolute Gasteiger partial charge is 0.230 e. The summed E-state index contributed by atoms with van der Waals surface area (Å²) in [5.74, 6) is 0.675. The summed E-state index contributed by atoms with van der Waals surface area (Å²) in [6.07, 6.45) is 0.747. The van der Waals surface area contributed by atoms with Crippen molar-refractivity contribution in [2.24, 2.45) is 5.92 Å². The van der Waals surface area contributed by atoms with E-state index in [1.165, 1.54) is 11.8 Å². The molecule has 0 unspecified atom stereocenters. The molecule has 0 radical (unpaired) electrons. The van der Waals surface area contributed by atoms with Gasteiger partial charge in [-0.05, 0) is 57.9 Å². The molecule has 0 saturated heterocycles. The summed E-state index contributed by atoms with van der Waals surface area (Å²) in [5, 5.41) is 0. The number of thioether (sulfide) groups is 2. The van der Waals surface area contributed by atoms with Crippen LogP contribution in [-0.2, 0) is 9.59 Å². The lowest BCUT2D eigenvalue weighted by atomic mass is 9.82. The first-order valence-corrected chi connectivity index (χ1v) is 14.2. The molecule has 1 amide bonds. The van der Waals surface area contributed by atoms with Crippen LogP contribution < -0.4 is 9.64 Å². The average Bonchev–Trinajstić information content (AvgIpc) is 3.30. The molecule has 4 rings (SSSR count). The van der Waals surface area contributed by atoms with Crippen molar-refractivity contribution < 1.29 is 14.3 Å². The summed E-state index contributed by atoms with van der Waals surface area (Å²) in [7, 11) is 0. The second-order valence-electron chi connectivity index (χ2n) is 9.43. The van der Waals surface area contributed by atoms with Gasteiger partial charge in [-0.2, -0.15) is 0 Å². The number of anilines is 1. The van der Waals surface area contributed by atoms with Crippen LogP contribution >= 0.6 is 35.7 Å². The maximum absolute atomic E-state index is 13.6. The normalized spacial score (nSPS) is 19.8. The fraction of sp³-hybridized carbons (Fsp3) is 0.345. The monoisotopic (exact) mass is 537 g/mol. The number of hydrogen-bond donors (Lipinski definition) is 0. The Labute approximate surface area is 227 Å². The number of benzene rings is 2. The molecule has 2 heterocycles. The second kappa shape index (κ2) is 10.6. The number of ether oxygens (including phenoxy) is 1. The fourth-order valence-electron chi connectivity index (χ4n) is 4.40. The molecule has 0 aliphatic carbocycles. The zero-order valence-corrected chi connectivity index (χ0v) is 24.0. The van der Waals surface area contributed by atoms with E-state index >= 15 is 0 Å². The standard InChI is InChI=1S/C29H31NO3S3/c1-7-17(3)27(32)30-22-15-14-20(33-8-2)16-21(22)23(26(34)29(30,5)6)28-35-24(18(4)31)25(36-28)19-12-10-9-11-13-19/h9-17H,7-8H2,1-6H3/b28-23+/t17-/m0/s1. The Kier molecular flexibility index (Phi) is 7.83. The number of amides is 1. The Morgan fingerprint density at radius 3 is 2.39 bits per heavy atom. The Morgan fingerprint density at radius 1 is 1.08 bits per heavy atom. The first kappa shape index (κ1) is 26.7. The molecule has 188 valence electrons. The molecule has 36 heavy (non-hydrogen) atoms. The van der Waals surface area contributed by atoms with E-state index in [9.17, 15) is 9.59 Å². The van der Waals surface area contributed by atoms with E-state index in [0.29, 0.717) is 11.5 Å². The lowest BCUT2D eigenvalue weighted by Gasteiger charge is -2.46. The van der Waals surface area contributed by atoms with Gasteiger partial charge in [-0.3, -0.25) is 9.59 Å². The van der Waals surface area contributed by atoms with Gasteiger partial charge in [-0.15, -0.1) is 0 Å². The third kappa shape index (κ3) is 4.69. The molecular formula is C29H31NO3S3. The van der Waals surface area contributed by atoms with Gasteiger partial charge in [0.2, 0.25) is 5.91 Å². The summed E-state index contributed by atoms with van der Waals surface area (Å²) >= 11 is 9.20. The van der Waals surface area contributed by atoms with E-state index < -0.39 is 5.54 Å². The largest absolute Gasteiger partial charge is 0.494 e. The number of carbonyl (C=O) groups is 2. The van der Waals surface area contributed by atoms with E-state index in [-0.39, 0.29) is 17.6 Å². The lowest BCUT2D eigenvalue weighted by Crippen LogP contribution is -2.57. The minimum absolute atomic E-state index is 0.0276. The number of Topliss-reactive ketones (excluding diaryl/α,β-unsaturated/α-hetero) is 1. The number of ketones is 1. The van der Waals surface area contributed by atoms with E-state index in [1.807, 2.05) is 88.0 Å².